The van der Waals surface area contributed by atoms with Crippen molar-refractivity contribution in [2.75, 3.05) is 26.2 Å². The predicted octanol–water partition coefficient (Wildman–Crippen LogP) is 2.55. The van der Waals surface area contributed by atoms with Crippen LogP contribution in [0, 0.1) is 16.7 Å². The summed E-state index contributed by atoms with van der Waals surface area (Å²) >= 11 is 0. The van der Waals surface area contributed by atoms with Crippen molar-refractivity contribution in [1.82, 2.24) is 20.6 Å². The number of likely N-dealkylation sites (tertiary alicyclic amines) is 1. The van der Waals surface area contributed by atoms with Crippen LogP contribution in [0.1, 0.15) is 64.7 Å². The van der Waals surface area contributed by atoms with Crippen molar-refractivity contribution >= 4 is 12.0 Å². The van der Waals surface area contributed by atoms with E-state index >= 15 is 0 Å². The van der Waals surface area contributed by atoms with Crippen LogP contribution in [0.5, 0.6) is 0 Å². The highest BCUT2D eigenvalue weighted by molar-refractivity contribution is 5.86. The summed E-state index contributed by atoms with van der Waals surface area (Å²) in [6.07, 6.45) is 3.52. The number of alkyl halides is 2. The molecule has 0 aromatic heterocycles. The van der Waals surface area contributed by atoms with Crippen LogP contribution in [0.25, 0.3) is 0 Å². The summed E-state index contributed by atoms with van der Waals surface area (Å²) in [6, 6.07) is 1.30. The van der Waals surface area contributed by atoms with E-state index in [-0.39, 0.29) is 12.8 Å². The van der Waals surface area contributed by atoms with Gasteiger partial charge in [0.1, 0.15) is 11.6 Å². The minimum absolute atomic E-state index is 0.252. The minimum Gasteiger partial charge on any atom is -0.351 e. The zero-order valence-corrected chi connectivity index (χ0v) is 18.7. The molecular formula is C22H33F2N5O3. The van der Waals surface area contributed by atoms with Crippen LogP contribution in [0.2, 0.25) is 0 Å². The topological polar surface area (TPSA) is 97.7 Å². The molecule has 2 saturated heterocycles. The molecule has 4 fully saturated rings. The fourth-order valence-electron chi connectivity index (χ4n) is 4.86. The first-order valence-corrected chi connectivity index (χ1v) is 11.8. The predicted molar refractivity (Wildman–Crippen MR) is 111 cm³/mol. The molecule has 1 atom stereocenters. The van der Waals surface area contributed by atoms with Gasteiger partial charge in [-0.05, 0) is 43.9 Å². The van der Waals surface area contributed by atoms with Crippen molar-refractivity contribution in [3.05, 3.63) is 0 Å². The Morgan fingerprint density at radius 1 is 1.22 bits per heavy atom. The van der Waals surface area contributed by atoms with E-state index in [9.17, 15) is 23.6 Å². The second-order valence-electron chi connectivity index (χ2n) is 10.1. The number of nitrogens with zero attached hydrogens (tertiary/aromatic N) is 3. The summed E-state index contributed by atoms with van der Waals surface area (Å²) < 4.78 is 28.5. The number of nitriles is 1. The Morgan fingerprint density at radius 3 is 2.41 bits per heavy atom. The number of amides is 2. The second-order valence-corrected chi connectivity index (χ2v) is 10.1. The smallest absolute Gasteiger partial charge is 0.351 e. The van der Waals surface area contributed by atoms with Gasteiger partial charge in [0, 0.05) is 45.1 Å². The van der Waals surface area contributed by atoms with Gasteiger partial charge in [0.2, 0.25) is 5.91 Å². The third-order valence-electron chi connectivity index (χ3n) is 7.19. The van der Waals surface area contributed by atoms with Crippen LogP contribution >= 0.6 is 0 Å². The van der Waals surface area contributed by atoms with Crippen LogP contribution in [0.3, 0.4) is 0 Å². The summed E-state index contributed by atoms with van der Waals surface area (Å²) in [7, 11) is 0. The van der Waals surface area contributed by atoms with E-state index < -0.39 is 35.9 Å². The van der Waals surface area contributed by atoms with E-state index in [0.29, 0.717) is 31.3 Å². The van der Waals surface area contributed by atoms with Crippen LogP contribution < -0.4 is 10.6 Å². The zero-order chi connectivity index (χ0) is 23.0. The standard InChI is InChI=1S/C22H33F2N5O3/c1-2-5-22(23,24)12-17(18(30)27-21(13-25)6-7-21)26-19(31)32-29-10-8-20(9-11-29)14-28(15-20)16-3-4-16/h16-17H,2-12,14-15H2,1H3,(H,26,31)(H,27,30)/t17-/m0/s1. The Labute approximate surface area is 187 Å². The fraction of sp³-hybridized carbons (Fsp3) is 0.864. The highest BCUT2D eigenvalue weighted by atomic mass is 19.3. The molecule has 1 spiro atoms. The Hall–Kier alpha value is -1.99. The van der Waals surface area contributed by atoms with Gasteiger partial charge >= 0.3 is 6.09 Å². The molecule has 32 heavy (non-hydrogen) atoms. The van der Waals surface area contributed by atoms with E-state index in [2.05, 4.69) is 15.5 Å². The number of nitrogens with one attached hydrogen (secondary N) is 2. The van der Waals surface area contributed by atoms with E-state index in [1.54, 1.807) is 12.0 Å². The lowest BCUT2D eigenvalue weighted by molar-refractivity contribution is -0.156. The third-order valence-corrected chi connectivity index (χ3v) is 7.19. The molecule has 0 aromatic carbocycles. The SMILES string of the molecule is CCCC(F)(F)C[C@H](NC(=O)ON1CCC2(CC1)CN(C1CC1)C2)C(=O)NC1(C#N)CC1. The molecule has 4 rings (SSSR count). The maximum Gasteiger partial charge on any atom is 0.426 e. The van der Waals surface area contributed by atoms with Gasteiger partial charge in [0.25, 0.3) is 5.92 Å². The molecule has 178 valence electrons. The van der Waals surface area contributed by atoms with Crippen molar-refractivity contribution in [1.29, 1.82) is 5.26 Å². The molecule has 2 saturated carbocycles. The van der Waals surface area contributed by atoms with Gasteiger partial charge in [-0.1, -0.05) is 13.3 Å². The Kier molecular flexibility index (Phi) is 6.34. The highest BCUT2D eigenvalue weighted by Crippen LogP contribution is 2.45. The Bertz CT molecular complexity index is 762. The lowest BCUT2D eigenvalue weighted by Crippen LogP contribution is -2.61. The highest BCUT2D eigenvalue weighted by Gasteiger charge is 2.50. The largest absolute Gasteiger partial charge is 0.426 e. The molecule has 0 aromatic rings. The quantitative estimate of drug-likeness (QED) is 0.557. The first-order valence-electron chi connectivity index (χ1n) is 11.8. The van der Waals surface area contributed by atoms with Crippen molar-refractivity contribution < 1.29 is 23.2 Å². The third kappa shape index (κ3) is 5.49. The second kappa shape index (κ2) is 8.75. The van der Waals surface area contributed by atoms with Crippen LogP contribution in [0.4, 0.5) is 13.6 Å². The number of hydrogen-bond donors (Lipinski definition) is 2. The monoisotopic (exact) mass is 453 g/mol. The van der Waals surface area contributed by atoms with E-state index in [0.717, 1.165) is 32.0 Å². The van der Waals surface area contributed by atoms with E-state index in [4.69, 9.17) is 4.84 Å². The maximum absolute atomic E-state index is 14.2. The zero-order valence-electron chi connectivity index (χ0n) is 18.7. The number of halogens is 2. The molecule has 2 heterocycles. The molecule has 0 radical (unpaired) electrons. The average Bonchev–Trinajstić information content (AvgIpc) is 3.62. The first-order chi connectivity index (χ1) is 15.2. The lowest BCUT2D eigenvalue weighted by atomic mass is 9.72. The van der Waals surface area contributed by atoms with E-state index in [1.807, 2.05) is 6.07 Å². The van der Waals surface area contributed by atoms with Gasteiger partial charge in [0.05, 0.1) is 6.07 Å². The molecule has 4 aliphatic rings. The number of piperidine rings is 1. The van der Waals surface area contributed by atoms with Gasteiger partial charge in [-0.25, -0.2) is 13.6 Å². The van der Waals surface area contributed by atoms with Gasteiger partial charge in [-0.15, -0.1) is 5.06 Å². The molecule has 2 amide bonds. The number of carbonyl (C=O) groups excluding carboxylic acids is 2. The number of hydrogen-bond acceptors (Lipinski definition) is 6. The minimum atomic E-state index is -3.11. The van der Waals surface area contributed by atoms with Crippen molar-refractivity contribution in [2.24, 2.45) is 5.41 Å². The molecular weight excluding hydrogens is 420 g/mol. The summed E-state index contributed by atoms with van der Waals surface area (Å²) in [5.74, 6) is -3.88. The van der Waals surface area contributed by atoms with Crippen LogP contribution in [0.15, 0.2) is 0 Å². The molecule has 0 bridgehead atoms. The van der Waals surface area contributed by atoms with Gasteiger partial charge in [-0.2, -0.15) is 5.26 Å². The van der Waals surface area contributed by atoms with Crippen LogP contribution in [-0.4, -0.2) is 71.7 Å². The lowest BCUT2D eigenvalue weighted by Gasteiger charge is -2.54. The average molecular weight is 454 g/mol. The summed E-state index contributed by atoms with van der Waals surface area (Å²) in [5.41, 5.74) is -0.696. The molecule has 2 N–H and O–H groups in total. The summed E-state index contributed by atoms with van der Waals surface area (Å²) in [4.78, 5) is 32.9. The maximum atomic E-state index is 14.2. The van der Waals surface area contributed by atoms with Crippen molar-refractivity contribution in [3.8, 4) is 6.07 Å². The Morgan fingerprint density at radius 2 is 1.88 bits per heavy atom. The first kappa shape index (κ1) is 23.2. The molecule has 2 aliphatic carbocycles. The normalized spacial score (nSPS) is 25.3. The number of hydroxylamine groups is 2. The fourth-order valence-corrected chi connectivity index (χ4v) is 4.86. The summed E-state index contributed by atoms with van der Waals surface area (Å²) in [6.45, 7) is 5.02. The summed E-state index contributed by atoms with van der Waals surface area (Å²) in [5, 5.41) is 15.6. The van der Waals surface area contributed by atoms with Crippen LogP contribution in [-0.2, 0) is 9.63 Å². The van der Waals surface area contributed by atoms with Crippen molar-refractivity contribution in [3.63, 3.8) is 0 Å². The number of carbonyl (C=O) groups is 2. The van der Waals surface area contributed by atoms with Gasteiger partial charge in [-0.3, -0.25) is 9.69 Å². The molecule has 10 heteroatoms. The molecule has 0 unspecified atom stereocenters. The molecule has 2 aliphatic heterocycles. The van der Waals surface area contributed by atoms with E-state index in [1.165, 1.54) is 12.8 Å². The Balaban J connectivity index is 1.27. The van der Waals surface area contributed by atoms with Gasteiger partial charge in [0.15, 0.2) is 0 Å². The van der Waals surface area contributed by atoms with Gasteiger partial charge < -0.3 is 15.5 Å². The number of rotatable bonds is 9. The molecule has 8 nitrogen and oxygen atoms in total. The van der Waals surface area contributed by atoms with Crippen molar-refractivity contribution in [2.45, 2.75) is 88.3 Å².